The maximum Gasteiger partial charge on any atom is 0.0831 e. The van der Waals surface area contributed by atoms with Gasteiger partial charge in [0, 0.05) is 11.8 Å². The van der Waals surface area contributed by atoms with Crippen LogP contribution in [0.25, 0.3) is 0 Å². The van der Waals surface area contributed by atoms with Crippen molar-refractivity contribution in [3.8, 4) is 0 Å². The van der Waals surface area contributed by atoms with Gasteiger partial charge >= 0.3 is 0 Å². The minimum absolute atomic E-state index is 0.370. The Morgan fingerprint density at radius 1 is 1.36 bits per heavy atom. The molecule has 11 heavy (non-hydrogen) atoms. The molecule has 0 aromatic heterocycles. The predicted octanol–water partition coefficient (Wildman–Crippen LogP) is 1.77. The Morgan fingerprint density at radius 3 is 3.00 bits per heavy atom. The third-order valence-corrected chi connectivity index (χ3v) is 3.26. The third kappa shape index (κ3) is 0.717. The predicted molar refractivity (Wildman–Crippen MR) is 46.5 cm³/mol. The summed E-state index contributed by atoms with van der Waals surface area (Å²) in [6.45, 7) is 0. The van der Waals surface area contributed by atoms with E-state index in [-0.39, 0.29) is 0 Å². The van der Waals surface area contributed by atoms with E-state index in [1.807, 2.05) is 0 Å². The van der Waals surface area contributed by atoms with Gasteiger partial charge in [-0.2, -0.15) is 0 Å². The summed E-state index contributed by atoms with van der Waals surface area (Å²) in [5, 5.41) is 0. The van der Waals surface area contributed by atoms with E-state index in [1.54, 1.807) is 0 Å². The first-order valence-corrected chi connectivity index (χ1v) is 4.53. The highest BCUT2D eigenvalue weighted by Crippen LogP contribution is 2.47. The zero-order valence-electron chi connectivity index (χ0n) is 6.10. The Hall–Kier alpha value is -0.210. The fraction of sp³-hybridized carbons (Fsp3) is 0.556. The molecule has 4 atom stereocenters. The van der Waals surface area contributed by atoms with Crippen LogP contribution >= 0.6 is 12.6 Å². The van der Waals surface area contributed by atoms with Gasteiger partial charge in [-0.15, -0.1) is 12.6 Å². The van der Waals surface area contributed by atoms with Crippen LogP contribution in [0.3, 0.4) is 0 Å². The molecular formula is C9H10OS. The third-order valence-electron chi connectivity index (χ3n) is 2.93. The van der Waals surface area contributed by atoms with E-state index in [1.165, 1.54) is 4.91 Å². The van der Waals surface area contributed by atoms with Gasteiger partial charge in [0.25, 0.3) is 0 Å². The van der Waals surface area contributed by atoms with Gasteiger partial charge in [0.1, 0.15) is 0 Å². The van der Waals surface area contributed by atoms with Crippen LogP contribution in [-0.2, 0) is 4.74 Å². The number of hydrogen-bond acceptors (Lipinski definition) is 2. The molecule has 0 saturated carbocycles. The van der Waals surface area contributed by atoms with E-state index >= 15 is 0 Å². The monoisotopic (exact) mass is 166 g/mol. The first-order valence-electron chi connectivity index (χ1n) is 4.08. The zero-order valence-corrected chi connectivity index (χ0v) is 7.00. The lowest BCUT2D eigenvalue weighted by molar-refractivity contribution is 0.104. The largest absolute Gasteiger partial charge is 0.366 e. The van der Waals surface area contributed by atoms with E-state index in [0.717, 1.165) is 6.42 Å². The van der Waals surface area contributed by atoms with Crippen molar-refractivity contribution in [2.45, 2.75) is 18.6 Å². The molecule has 0 aromatic carbocycles. The molecule has 3 rings (SSSR count). The first-order chi connectivity index (χ1) is 5.34. The maximum absolute atomic E-state index is 5.70. The van der Waals surface area contributed by atoms with Gasteiger partial charge < -0.3 is 4.74 Å². The van der Waals surface area contributed by atoms with E-state index in [0.29, 0.717) is 24.0 Å². The molecule has 2 aliphatic heterocycles. The van der Waals surface area contributed by atoms with Crippen LogP contribution in [0, 0.1) is 11.8 Å². The van der Waals surface area contributed by atoms with Crippen LogP contribution in [-0.4, -0.2) is 12.2 Å². The topological polar surface area (TPSA) is 9.23 Å². The van der Waals surface area contributed by atoms with E-state index < -0.39 is 0 Å². The van der Waals surface area contributed by atoms with Crippen LogP contribution in [0.2, 0.25) is 0 Å². The molecule has 2 bridgehead atoms. The van der Waals surface area contributed by atoms with Crippen LogP contribution in [0.15, 0.2) is 23.1 Å². The smallest absolute Gasteiger partial charge is 0.0831 e. The zero-order chi connectivity index (χ0) is 7.42. The summed E-state index contributed by atoms with van der Waals surface area (Å²) < 4.78 is 5.70. The molecule has 4 unspecified atom stereocenters. The lowest BCUT2D eigenvalue weighted by Gasteiger charge is -2.14. The second-order valence-corrected chi connectivity index (χ2v) is 4.13. The molecule has 1 saturated heterocycles. The molecule has 0 amide bonds. The maximum atomic E-state index is 5.70. The van der Waals surface area contributed by atoms with Crippen molar-refractivity contribution in [1.29, 1.82) is 0 Å². The van der Waals surface area contributed by atoms with Crippen molar-refractivity contribution in [2.75, 3.05) is 0 Å². The molecule has 0 aromatic rings. The molecule has 1 aliphatic carbocycles. The van der Waals surface area contributed by atoms with Crippen LogP contribution < -0.4 is 0 Å². The Bertz CT molecular complexity index is 256. The van der Waals surface area contributed by atoms with Gasteiger partial charge in [0.15, 0.2) is 0 Å². The number of hydrogen-bond donors (Lipinski definition) is 1. The molecule has 1 nitrogen and oxygen atoms in total. The van der Waals surface area contributed by atoms with Crippen molar-refractivity contribution < 1.29 is 4.74 Å². The highest BCUT2D eigenvalue weighted by Gasteiger charge is 2.47. The average molecular weight is 166 g/mol. The number of rotatable bonds is 0. The second kappa shape index (κ2) is 1.93. The van der Waals surface area contributed by atoms with Crippen molar-refractivity contribution in [2.24, 2.45) is 11.8 Å². The minimum Gasteiger partial charge on any atom is -0.366 e. The van der Waals surface area contributed by atoms with Crippen LogP contribution in [0.5, 0.6) is 0 Å². The van der Waals surface area contributed by atoms with Gasteiger partial charge in [-0.05, 0) is 11.3 Å². The molecule has 0 radical (unpaired) electrons. The summed E-state index contributed by atoms with van der Waals surface area (Å²) in [7, 11) is 0. The lowest BCUT2D eigenvalue weighted by Crippen LogP contribution is -2.17. The molecule has 2 heterocycles. The first kappa shape index (κ1) is 6.32. The summed E-state index contributed by atoms with van der Waals surface area (Å²) in [5.74, 6) is 1.34. The fourth-order valence-electron chi connectivity index (χ4n) is 2.42. The van der Waals surface area contributed by atoms with Gasteiger partial charge in [-0.1, -0.05) is 18.2 Å². The number of allylic oxidation sites excluding steroid dienone is 1. The highest BCUT2D eigenvalue weighted by atomic mass is 32.1. The molecule has 1 fully saturated rings. The molecule has 3 aliphatic rings. The van der Waals surface area contributed by atoms with Gasteiger partial charge in [0.05, 0.1) is 12.2 Å². The van der Waals surface area contributed by atoms with E-state index in [9.17, 15) is 0 Å². The fourth-order valence-corrected chi connectivity index (χ4v) is 2.80. The molecule has 58 valence electrons. The normalized spacial score (nSPS) is 51.5. The number of thiol groups is 1. The summed E-state index contributed by atoms with van der Waals surface area (Å²) in [6, 6.07) is 0. The standard InChI is InChI=1S/C9H10OS/c11-5-3-6-7(4-5)9-2-1-8(6)10-9/h1-3,6-9,11H,4H2. The molecular weight excluding hydrogens is 156 g/mol. The van der Waals surface area contributed by atoms with E-state index in [2.05, 4.69) is 30.9 Å². The van der Waals surface area contributed by atoms with Crippen LogP contribution in [0.4, 0.5) is 0 Å². The van der Waals surface area contributed by atoms with Gasteiger partial charge in [0.2, 0.25) is 0 Å². The summed E-state index contributed by atoms with van der Waals surface area (Å²) >= 11 is 4.39. The minimum atomic E-state index is 0.370. The summed E-state index contributed by atoms with van der Waals surface area (Å²) in [6.07, 6.45) is 8.54. The average Bonchev–Trinajstić information content (AvgIpc) is 2.53. The van der Waals surface area contributed by atoms with Gasteiger partial charge in [-0.25, -0.2) is 0 Å². The van der Waals surface area contributed by atoms with Crippen molar-refractivity contribution in [3.05, 3.63) is 23.1 Å². The Kier molecular flexibility index (Phi) is 1.11. The Morgan fingerprint density at radius 2 is 2.18 bits per heavy atom. The van der Waals surface area contributed by atoms with Gasteiger partial charge in [-0.3, -0.25) is 0 Å². The molecule has 0 N–H and O–H groups in total. The Labute approximate surface area is 71.5 Å². The number of ether oxygens (including phenoxy) is 1. The van der Waals surface area contributed by atoms with Crippen molar-refractivity contribution >= 4 is 12.6 Å². The molecule has 2 heteroatoms. The number of fused-ring (bicyclic) bond motifs is 5. The Balaban J connectivity index is 1.99. The van der Waals surface area contributed by atoms with Crippen LogP contribution in [0.1, 0.15) is 6.42 Å². The van der Waals surface area contributed by atoms with Crippen molar-refractivity contribution in [3.63, 3.8) is 0 Å². The summed E-state index contributed by atoms with van der Waals surface area (Å²) in [4.78, 5) is 1.25. The second-order valence-electron chi connectivity index (χ2n) is 3.55. The quantitative estimate of drug-likeness (QED) is 0.426. The van der Waals surface area contributed by atoms with E-state index in [4.69, 9.17) is 4.74 Å². The van der Waals surface area contributed by atoms with Crippen molar-refractivity contribution in [1.82, 2.24) is 0 Å². The summed E-state index contributed by atoms with van der Waals surface area (Å²) in [5.41, 5.74) is 0. The lowest BCUT2D eigenvalue weighted by atomic mass is 9.86. The SMILES string of the molecule is SC1=CC2C3C=CC(O3)C2C1. The highest BCUT2D eigenvalue weighted by molar-refractivity contribution is 7.84. The molecule has 0 spiro atoms.